The van der Waals surface area contributed by atoms with Gasteiger partial charge in [0.1, 0.15) is 0 Å². The molecule has 1 aromatic carbocycles. The summed E-state index contributed by atoms with van der Waals surface area (Å²) in [5.74, 6) is -0.0547. The van der Waals surface area contributed by atoms with E-state index in [0.29, 0.717) is 26.0 Å². The van der Waals surface area contributed by atoms with E-state index in [-0.39, 0.29) is 17.4 Å². The molecule has 0 heterocycles. The van der Waals surface area contributed by atoms with Gasteiger partial charge in [-0.05, 0) is 43.4 Å². The normalized spacial score (nSPS) is 12.9. The first kappa shape index (κ1) is 20.1. The summed E-state index contributed by atoms with van der Waals surface area (Å²) in [6.45, 7) is 5.20. The molecular formula is C18H29BrN2O2. The molecule has 1 rings (SSSR count). The molecule has 0 saturated heterocycles. The van der Waals surface area contributed by atoms with Crippen molar-refractivity contribution in [1.29, 1.82) is 0 Å². The van der Waals surface area contributed by atoms with Crippen LogP contribution in [0.25, 0.3) is 0 Å². The van der Waals surface area contributed by atoms with Gasteiger partial charge < -0.3 is 15.8 Å². The number of rotatable bonds is 10. The van der Waals surface area contributed by atoms with Crippen LogP contribution >= 0.6 is 15.9 Å². The van der Waals surface area contributed by atoms with Crippen molar-refractivity contribution in [3.05, 3.63) is 34.3 Å². The molecule has 0 fully saturated rings. The third-order valence-electron chi connectivity index (χ3n) is 4.44. The molecule has 0 radical (unpaired) electrons. The second kappa shape index (κ2) is 10.1. The summed E-state index contributed by atoms with van der Waals surface area (Å²) in [6, 6.07) is 8.07. The van der Waals surface area contributed by atoms with Gasteiger partial charge >= 0.3 is 0 Å². The van der Waals surface area contributed by atoms with Crippen molar-refractivity contribution in [2.45, 2.75) is 45.1 Å². The lowest BCUT2D eigenvalue weighted by Crippen LogP contribution is -2.50. The fraction of sp³-hybridized carbons (Fsp3) is 0.611. The zero-order valence-corrected chi connectivity index (χ0v) is 16.0. The van der Waals surface area contributed by atoms with Gasteiger partial charge in [-0.2, -0.15) is 0 Å². The molecule has 1 atom stereocenters. The standard InChI is InChI=1S/C18H29BrN2O2/c1-4-18(20,5-2)13-21-17(22)15(9-10-23-3)11-14-7-6-8-16(19)12-14/h6-8,12,15H,4-5,9-11,13,20H2,1-3H3,(H,21,22). The maximum atomic E-state index is 12.6. The van der Waals surface area contributed by atoms with Crippen LogP contribution in [0.5, 0.6) is 0 Å². The molecule has 0 aliphatic heterocycles. The van der Waals surface area contributed by atoms with E-state index in [9.17, 15) is 4.79 Å². The minimum absolute atomic E-state index is 0.0544. The van der Waals surface area contributed by atoms with Gasteiger partial charge in [0.2, 0.25) is 5.91 Å². The van der Waals surface area contributed by atoms with Gasteiger partial charge in [0, 0.05) is 36.2 Å². The van der Waals surface area contributed by atoms with Crippen LogP contribution in [0.4, 0.5) is 0 Å². The number of methoxy groups -OCH3 is 1. The lowest BCUT2D eigenvalue weighted by atomic mass is 9.92. The lowest BCUT2D eigenvalue weighted by molar-refractivity contribution is -0.125. The minimum atomic E-state index is -0.322. The van der Waals surface area contributed by atoms with E-state index in [1.54, 1.807) is 7.11 Å². The molecule has 0 bridgehead atoms. The first-order chi connectivity index (χ1) is 10.9. The van der Waals surface area contributed by atoms with E-state index < -0.39 is 0 Å². The average molecular weight is 385 g/mol. The van der Waals surface area contributed by atoms with E-state index in [1.165, 1.54) is 0 Å². The van der Waals surface area contributed by atoms with Crippen LogP contribution in [0.3, 0.4) is 0 Å². The first-order valence-corrected chi connectivity index (χ1v) is 9.03. The molecule has 0 aliphatic carbocycles. The number of ether oxygens (including phenoxy) is 1. The summed E-state index contributed by atoms with van der Waals surface area (Å²) in [5, 5.41) is 3.04. The highest BCUT2D eigenvalue weighted by atomic mass is 79.9. The zero-order chi connectivity index (χ0) is 17.3. The molecule has 1 unspecified atom stereocenters. The maximum Gasteiger partial charge on any atom is 0.223 e. The topological polar surface area (TPSA) is 64.3 Å². The van der Waals surface area contributed by atoms with Crippen molar-refractivity contribution >= 4 is 21.8 Å². The van der Waals surface area contributed by atoms with Gasteiger partial charge in [-0.1, -0.05) is 41.9 Å². The van der Waals surface area contributed by atoms with Crippen LogP contribution < -0.4 is 11.1 Å². The predicted molar refractivity (Wildman–Crippen MR) is 98.3 cm³/mol. The van der Waals surface area contributed by atoms with E-state index in [2.05, 4.69) is 41.2 Å². The summed E-state index contributed by atoms with van der Waals surface area (Å²) in [7, 11) is 1.66. The van der Waals surface area contributed by atoms with Crippen LogP contribution in [0.2, 0.25) is 0 Å². The number of benzene rings is 1. The Bertz CT molecular complexity index is 490. The summed E-state index contributed by atoms with van der Waals surface area (Å²) in [4.78, 5) is 12.6. The quantitative estimate of drug-likeness (QED) is 0.650. The third kappa shape index (κ3) is 7.02. The summed E-state index contributed by atoms with van der Waals surface area (Å²) in [5.41, 5.74) is 7.09. The van der Waals surface area contributed by atoms with Crippen molar-refractivity contribution < 1.29 is 9.53 Å². The fourth-order valence-electron chi connectivity index (χ4n) is 2.44. The van der Waals surface area contributed by atoms with Gasteiger partial charge in [-0.15, -0.1) is 0 Å². The Morgan fingerprint density at radius 1 is 1.39 bits per heavy atom. The Morgan fingerprint density at radius 2 is 2.09 bits per heavy atom. The Labute approximate surface area is 148 Å². The third-order valence-corrected chi connectivity index (χ3v) is 4.93. The number of hydrogen-bond donors (Lipinski definition) is 2. The van der Waals surface area contributed by atoms with Gasteiger partial charge in [0.25, 0.3) is 0 Å². The molecule has 0 aromatic heterocycles. The zero-order valence-electron chi connectivity index (χ0n) is 14.4. The highest BCUT2D eigenvalue weighted by Gasteiger charge is 2.24. The molecule has 4 nitrogen and oxygen atoms in total. The van der Waals surface area contributed by atoms with Crippen molar-refractivity contribution in [3.63, 3.8) is 0 Å². The molecule has 23 heavy (non-hydrogen) atoms. The van der Waals surface area contributed by atoms with E-state index in [1.807, 2.05) is 18.2 Å². The molecule has 1 amide bonds. The van der Waals surface area contributed by atoms with Crippen molar-refractivity contribution in [2.24, 2.45) is 11.7 Å². The second-order valence-electron chi connectivity index (χ2n) is 6.10. The molecule has 0 saturated carbocycles. The van der Waals surface area contributed by atoms with Crippen LogP contribution in [0.15, 0.2) is 28.7 Å². The number of carbonyl (C=O) groups excluding carboxylic acids is 1. The molecule has 3 N–H and O–H groups in total. The molecule has 5 heteroatoms. The number of nitrogens with one attached hydrogen (secondary N) is 1. The summed E-state index contributed by atoms with van der Waals surface area (Å²) < 4.78 is 6.18. The first-order valence-electron chi connectivity index (χ1n) is 8.24. The van der Waals surface area contributed by atoms with Crippen LogP contribution in [-0.2, 0) is 16.0 Å². The van der Waals surface area contributed by atoms with Gasteiger partial charge in [-0.3, -0.25) is 4.79 Å². The fourth-order valence-corrected chi connectivity index (χ4v) is 2.89. The van der Waals surface area contributed by atoms with Crippen LogP contribution in [-0.4, -0.2) is 31.7 Å². The SMILES string of the molecule is CCC(N)(CC)CNC(=O)C(CCOC)Cc1cccc(Br)c1. The second-order valence-corrected chi connectivity index (χ2v) is 7.02. The van der Waals surface area contributed by atoms with Gasteiger partial charge in [0.05, 0.1) is 0 Å². The lowest BCUT2D eigenvalue weighted by Gasteiger charge is -2.28. The average Bonchev–Trinajstić information content (AvgIpc) is 2.56. The highest BCUT2D eigenvalue weighted by molar-refractivity contribution is 9.10. The highest BCUT2D eigenvalue weighted by Crippen LogP contribution is 2.18. The van der Waals surface area contributed by atoms with E-state index in [0.717, 1.165) is 22.9 Å². The number of carbonyl (C=O) groups is 1. The summed E-state index contributed by atoms with van der Waals surface area (Å²) in [6.07, 6.45) is 3.09. The predicted octanol–water partition coefficient (Wildman–Crippen LogP) is 3.28. The van der Waals surface area contributed by atoms with E-state index in [4.69, 9.17) is 10.5 Å². The van der Waals surface area contributed by atoms with Crippen molar-refractivity contribution in [3.8, 4) is 0 Å². The van der Waals surface area contributed by atoms with Gasteiger partial charge in [-0.25, -0.2) is 0 Å². The number of nitrogens with two attached hydrogens (primary N) is 1. The number of amides is 1. The molecule has 0 aliphatic rings. The van der Waals surface area contributed by atoms with Gasteiger partial charge in [0.15, 0.2) is 0 Å². The molecule has 0 spiro atoms. The Morgan fingerprint density at radius 3 is 2.65 bits per heavy atom. The van der Waals surface area contributed by atoms with Crippen LogP contribution in [0, 0.1) is 5.92 Å². The molecule has 130 valence electrons. The summed E-state index contributed by atoms with van der Waals surface area (Å²) >= 11 is 3.48. The minimum Gasteiger partial charge on any atom is -0.385 e. The molecular weight excluding hydrogens is 356 g/mol. The smallest absolute Gasteiger partial charge is 0.223 e. The Hall–Kier alpha value is -0.910. The van der Waals surface area contributed by atoms with Crippen molar-refractivity contribution in [1.82, 2.24) is 5.32 Å². The number of halogens is 1. The maximum absolute atomic E-state index is 12.6. The molecule has 1 aromatic rings. The monoisotopic (exact) mass is 384 g/mol. The Balaban J connectivity index is 2.70. The van der Waals surface area contributed by atoms with Crippen LogP contribution in [0.1, 0.15) is 38.7 Å². The van der Waals surface area contributed by atoms with Crippen molar-refractivity contribution in [2.75, 3.05) is 20.3 Å². The number of hydrogen-bond acceptors (Lipinski definition) is 3. The van der Waals surface area contributed by atoms with E-state index >= 15 is 0 Å². The largest absolute Gasteiger partial charge is 0.385 e. The Kier molecular flexibility index (Phi) is 8.81.